The highest BCUT2D eigenvalue weighted by atomic mass is 16.5. The summed E-state index contributed by atoms with van der Waals surface area (Å²) in [4.78, 5) is 27.7. The smallest absolute Gasteiger partial charge is 0.226 e. The fourth-order valence-corrected chi connectivity index (χ4v) is 4.01. The highest BCUT2D eigenvalue weighted by molar-refractivity contribution is 5.79. The molecular formula is C24H27N5O2. The van der Waals surface area contributed by atoms with Crippen molar-refractivity contribution in [1.82, 2.24) is 19.9 Å². The summed E-state index contributed by atoms with van der Waals surface area (Å²) in [7, 11) is 1.64. The molecule has 2 aromatic heterocycles. The van der Waals surface area contributed by atoms with E-state index in [1.165, 1.54) is 0 Å². The molecule has 0 atom stereocenters. The Morgan fingerprint density at radius 3 is 2.42 bits per heavy atom. The van der Waals surface area contributed by atoms with Gasteiger partial charge in [-0.1, -0.05) is 12.1 Å². The van der Waals surface area contributed by atoms with Crippen molar-refractivity contribution < 1.29 is 9.53 Å². The monoisotopic (exact) mass is 417 g/mol. The normalized spacial score (nSPS) is 14.5. The molecule has 1 amide bonds. The Bertz CT molecular complexity index is 1040. The number of hydrogen-bond donors (Lipinski definition) is 1. The second-order valence-corrected chi connectivity index (χ2v) is 7.93. The number of benzene rings is 1. The van der Waals surface area contributed by atoms with E-state index in [1.807, 2.05) is 42.2 Å². The number of methoxy groups -OCH3 is 1. The number of carbonyl (C=O) groups is 1. The second kappa shape index (κ2) is 9.12. The van der Waals surface area contributed by atoms with Crippen LogP contribution in [0.5, 0.6) is 5.75 Å². The minimum absolute atomic E-state index is 0.167. The molecule has 0 unspecified atom stereocenters. The largest absolute Gasteiger partial charge is 0.497 e. The minimum Gasteiger partial charge on any atom is -0.497 e. The Morgan fingerprint density at radius 1 is 1.10 bits per heavy atom. The average Bonchev–Trinajstić information content (AvgIpc) is 2.80. The van der Waals surface area contributed by atoms with E-state index >= 15 is 0 Å². The number of carbonyl (C=O) groups excluding carboxylic acids is 1. The number of piperidine rings is 1. The van der Waals surface area contributed by atoms with Crippen LogP contribution in [0.2, 0.25) is 0 Å². The number of nitrogens with zero attached hydrogens (tertiary/aromatic N) is 4. The Labute approximate surface area is 182 Å². The molecule has 1 aliphatic rings. The zero-order valence-electron chi connectivity index (χ0n) is 17.9. The van der Waals surface area contributed by atoms with Crippen LogP contribution in [-0.2, 0) is 11.2 Å². The summed E-state index contributed by atoms with van der Waals surface area (Å²) in [6.07, 6.45) is 5.70. The summed E-state index contributed by atoms with van der Waals surface area (Å²) in [5, 5.41) is 0. The summed E-state index contributed by atoms with van der Waals surface area (Å²) in [5.74, 6) is 1.56. The molecule has 1 fully saturated rings. The van der Waals surface area contributed by atoms with Crippen LogP contribution in [0.3, 0.4) is 0 Å². The Kier molecular flexibility index (Phi) is 6.11. The van der Waals surface area contributed by atoms with Crippen LogP contribution in [-0.4, -0.2) is 46.0 Å². The first-order valence-electron chi connectivity index (χ1n) is 10.5. The lowest BCUT2D eigenvalue weighted by Gasteiger charge is -2.32. The van der Waals surface area contributed by atoms with E-state index in [-0.39, 0.29) is 11.9 Å². The van der Waals surface area contributed by atoms with E-state index in [1.54, 1.807) is 19.5 Å². The summed E-state index contributed by atoms with van der Waals surface area (Å²) in [6.45, 7) is 3.49. The van der Waals surface area contributed by atoms with Crippen molar-refractivity contribution in [3.63, 3.8) is 0 Å². The van der Waals surface area contributed by atoms with Gasteiger partial charge in [-0.15, -0.1) is 0 Å². The molecule has 3 aromatic rings. The number of amides is 1. The Balaban J connectivity index is 1.40. The maximum Gasteiger partial charge on any atom is 0.226 e. The van der Waals surface area contributed by atoms with Gasteiger partial charge in [0.15, 0.2) is 0 Å². The van der Waals surface area contributed by atoms with E-state index < -0.39 is 0 Å². The average molecular weight is 418 g/mol. The van der Waals surface area contributed by atoms with Gasteiger partial charge in [0.1, 0.15) is 5.75 Å². The molecule has 7 heteroatoms. The van der Waals surface area contributed by atoms with Crippen molar-refractivity contribution in [3.05, 3.63) is 65.7 Å². The number of aryl methyl sites for hydroxylation is 1. The molecule has 7 nitrogen and oxygen atoms in total. The van der Waals surface area contributed by atoms with Gasteiger partial charge in [0.05, 0.1) is 13.5 Å². The molecule has 160 valence electrons. The van der Waals surface area contributed by atoms with Gasteiger partial charge in [-0.3, -0.25) is 9.78 Å². The number of pyridine rings is 1. The first-order chi connectivity index (χ1) is 15.0. The Hall–Kier alpha value is -3.48. The first kappa shape index (κ1) is 20.8. The van der Waals surface area contributed by atoms with Crippen molar-refractivity contribution in [3.8, 4) is 16.9 Å². The summed E-state index contributed by atoms with van der Waals surface area (Å²) in [6, 6.07) is 11.8. The van der Waals surface area contributed by atoms with Gasteiger partial charge in [-0.2, -0.15) is 0 Å². The fourth-order valence-electron chi connectivity index (χ4n) is 4.01. The molecule has 3 heterocycles. The maximum absolute atomic E-state index is 12.7. The van der Waals surface area contributed by atoms with Crippen LogP contribution < -0.4 is 10.5 Å². The van der Waals surface area contributed by atoms with Crippen LogP contribution >= 0.6 is 0 Å². The van der Waals surface area contributed by atoms with Gasteiger partial charge in [-0.05, 0) is 55.2 Å². The van der Waals surface area contributed by atoms with Gasteiger partial charge in [0, 0.05) is 48.4 Å². The first-order valence-corrected chi connectivity index (χ1v) is 10.5. The van der Waals surface area contributed by atoms with E-state index in [9.17, 15) is 4.79 Å². The van der Waals surface area contributed by atoms with Crippen molar-refractivity contribution in [2.75, 3.05) is 25.9 Å². The lowest BCUT2D eigenvalue weighted by atomic mass is 9.91. The van der Waals surface area contributed by atoms with Gasteiger partial charge < -0.3 is 15.4 Å². The number of aromatic nitrogens is 3. The molecule has 4 rings (SSSR count). The predicted octanol–water partition coefficient (Wildman–Crippen LogP) is 3.39. The second-order valence-electron chi connectivity index (χ2n) is 7.93. The summed E-state index contributed by atoms with van der Waals surface area (Å²) < 4.78 is 5.18. The van der Waals surface area contributed by atoms with E-state index in [0.29, 0.717) is 12.3 Å². The number of nitrogen functional groups attached to an aromatic ring is 1. The van der Waals surface area contributed by atoms with Gasteiger partial charge in [0.2, 0.25) is 11.9 Å². The molecule has 0 saturated carbocycles. The Morgan fingerprint density at radius 2 is 1.77 bits per heavy atom. The number of rotatable bonds is 5. The summed E-state index contributed by atoms with van der Waals surface area (Å²) in [5.41, 5.74) is 10.6. The molecule has 0 spiro atoms. The highest BCUT2D eigenvalue weighted by Crippen LogP contribution is 2.30. The molecule has 1 saturated heterocycles. The molecule has 1 aliphatic heterocycles. The maximum atomic E-state index is 12.7. The number of anilines is 1. The molecular weight excluding hydrogens is 390 g/mol. The lowest BCUT2D eigenvalue weighted by Crippen LogP contribution is -2.38. The van der Waals surface area contributed by atoms with Crippen LogP contribution in [0, 0.1) is 6.92 Å². The number of hydrogen-bond acceptors (Lipinski definition) is 6. The van der Waals surface area contributed by atoms with E-state index in [0.717, 1.165) is 59.8 Å². The molecule has 0 bridgehead atoms. The third-order valence-electron chi connectivity index (χ3n) is 5.76. The predicted molar refractivity (Wildman–Crippen MR) is 120 cm³/mol. The van der Waals surface area contributed by atoms with Gasteiger partial charge in [-0.25, -0.2) is 9.97 Å². The van der Waals surface area contributed by atoms with Crippen LogP contribution in [0.15, 0.2) is 48.8 Å². The topological polar surface area (TPSA) is 94.2 Å². The lowest BCUT2D eigenvalue weighted by molar-refractivity contribution is -0.131. The minimum atomic E-state index is 0.167. The van der Waals surface area contributed by atoms with Gasteiger partial charge in [0.25, 0.3) is 0 Å². The molecule has 2 N–H and O–H groups in total. The molecule has 1 aromatic carbocycles. The van der Waals surface area contributed by atoms with Crippen molar-refractivity contribution >= 4 is 11.9 Å². The van der Waals surface area contributed by atoms with Crippen molar-refractivity contribution in [2.45, 2.75) is 32.1 Å². The number of ether oxygens (including phenoxy) is 1. The van der Waals surface area contributed by atoms with E-state index in [4.69, 9.17) is 15.5 Å². The molecule has 31 heavy (non-hydrogen) atoms. The highest BCUT2D eigenvalue weighted by Gasteiger charge is 2.25. The fraction of sp³-hybridized carbons (Fsp3) is 0.333. The zero-order valence-corrected chi connectivity index (χ0v) is 17.9. The van der Waals surface area contributed by atoms with Crippen LogP contribution in [0.4, 0.5) is 5.95 Å². The van der Waals surface area contributed by atoms with Crippen LogP contribution in [0.25, 0.3) is 11.1 Å². The third-order valence-corrected chi connectivity index (χ3v) is 5.76. The molecule has 0 radical (unpaired) electrons. The molecule has 0 aliphatic carbocycles. The van der Waals surface area contributed by atoms with Crippen molar-refractivity contribution in [2.24, 2.45) is 0 Å². The van der Waals surface area contributed by atoms with Crippen LogP contribution in [0.1, 0.15) is 35.7 Å². The van der Waals surface area contributed by atoms with E-state index in [2.05, 4.69) is 16.0 Å². The number of likely N-dealkylation sites (tertiary alicyclic amines) is 1. The third kappa shape index (κ3) is 4.99. The zero-order chi connectivity index (χ0) is 21.8. The van der Waals surface area contributed by atoms with Crippen molar-refractivity contribution in [1.29, 1.82) is 0 Å². The number of nitrogens with two attached hydrogens (primary N) is 1. The standard InChI is InChI=1S/C24H27N5O2/c1-16-11-19(20-14-26-24(25)27-15-20)13-22(28-16)18-7-9-29(10-8-18)23(30)12-17-3-5-21(31-2)6-4-17/h3-6,11,13-15,18H,7-10,12H2,1-2H3,(H2,25,26,27). The van der Waals surface area contributed by atoms with Gasteiger partial charge >= 0.3 is 0 Å². The summed E-state index contributed by atoms with van der Waals surface area (Å²) >= 11 is 0. The quantitative estimate of drug-likeness (QED) is 0.684. The SMILES string of the molecule is COc1ccc(CC(=O)N2CCC(c3cc(-c4cnc(N)nc4)cc(C)n3)CC2)cc1.